The zero-order valence-electron chi connectivity index (χ0n) is 30.1. The average Bonchev–Trinajstić information content (AvgIpc) is 3.05. The third kappa shape index (κ3) is 33.0. The molecule has 0 aliphatic carbocycles. The maximum atomic E-state index is 12.5. The highest BCUT2D eigenvalue weighted by molar-refractivity contribution is 5.71. The Bertz CT molecular complexity index is 800. The molecule has 46 heavy (non-hydrogen) atoms. The van der Waals surface area contributed by atoms with Crippen molar-refractivity contribution in [1.29, 1.82) is 0 Å². The Balaban J connectivity index is 4.38. The van der Waals surface area contributed by atoms with E-state index in [4.69, 9.17) is 14.2 Å². The van der Waals surface area contributed by atoms with Gasteiger partial charge >= 0.3 is 17.9 Å². The van der Waals surface area contributed by atoms with Gasteiger partial charge in [0.1, 0.15) is 13.2 Å². The predicted octanol–water partition coefficient (Wildman–Crippen LogP) is 11.5. The van der Waals surface area contributed by atoms with E-state index in [0.29, 0.717) is 19.3 Å². The highest BCUT2D eigenvalue weighted by atomic mass is 16.6. The van der Waals surface area contributed by atoms with E-state index < -0.39 is 6.10 Å². The van der Waals surface area contributed by atoms with Crippen LogP contribution in [-0.2, 0) is 28.6 Å². The van der Waals surface area contributed by atoms with Gasteiger partial charge in [-0.15, -0.1) is 0 Å². The summed E-state index contributed by atoms with van der Waals surface area (Å²) < 4.78 is 16.5. The molecule has 0 aromatic heterocycles. The Morgan fingerprint density at radius 2 is 0.848 bits per heavy atom. The van der Waals surface area contributed by atoms with E-state index in [-0.39, 0.29) is 31.1 Å². The topological polar surface area (TPSA) is 78.9 Å². The molecule has 6 nitrogen and oxygen atoms in total. The molecule has 0 saturated carbocycles. The minimum atomic E-state index is -0.773. The number of allylic oxidation sites excluding steroid dienone is 6. The highest BCUT2D eigenvalue weighted by Crippen LogP contribution is 2.12. The molecule has 0 amide bonds. The van der Waals surface area contributed by atoms with Gasteiger partial charge in [0.25, 0.3) is 0 Å². The fraction of sp³-hybridized carbons (Fsp3) is 0.775. The molecular weight excluding hydrogens is 576 g/mol. The summed E-state index contributed by atoms with van der Waals surface area (Å²) in [5.74, 6) is -0.929. The molecule has 0 N–H and O–H groups in total. The molecule has 0 rings (SSSR count). The van der Waals surface area contributed by atoms with Crippen LogP contribution in [0.2, 0.25) is 0 Å². The van der Waals surface area contributed by atoms with Crippen LogP contribution in [0.25, 0.3) is 0 Å². The third-order valence-corrected chi connectivity index (χ3v) is 7.91. The van der Waals surface area contributed by atoms with Crippen molar-refractivity contribution in [2.24, 2.45) is 0 Å². The summed E-state index contributed by atoms with van der Waals surface area (Å²) in [4.78, 5) is 37.2. The van der Waals surface area contributed by atoms with Gasteiger partial charge in [0.15, 0.2) is 6.10 Å². The van der Waals surface area contributed by atoms with Crippen molar-refractivity contribution in [3.05, 3.63) is 36.5 Å². The molecule has 266 valence electrons. The summed E-state index contributed by atoms with van der Waals surface area (Å²) in [6.07, 6.45) is 37.2. The highest BCUT2D eigenvalue weighted by Gasteiger charge is 2.19. The lowest BCUT2D eigenvalue weighted by Crippen LogP contribution is -2.30. The smallest absolute Gasteiger partial charge is 0.306 e. The first-order valence-electron chi connectivity index (χ1n) is 19.0. The monoisotopic (exact) mass is 647 g/mol. The number of hydrogen-bond donors (Lipinski definition) is 0. The second-order valence-electron chi connectivity index (χ2n) is 12.5. The Morgan fingerprint density at radius 1 is 0.457 bits per heavy atom. The fourth-order valence-electron chi connectivity index (χ4n) is 5.04. The van der Waals surface area contributed by atoms with E-state index in [1.165, 1.54) is 57.8 Å². The van der Waals surface area contributed by atoms with Crippen molar-refractivity contribution >= 4 is 17.9 Å². The van der Waals surface area contributed by atoms with Crippen molar-refractivity contribution < 1.29 is 28.6 Å². The molecule has 6 heteroatoms. The summed E-state index contributed by atoms with van der Waals surface area (Å²) >= 11 is 0. The number of carbonyl (C=O) groups is 3. The van der Waals surface area contributed by atoms with Gasteiger partial charge in [-0.1, -0.05) is 147 Å². The van der Waals surface area contributed by atoms with Crippen LogP contribution in [0.3, 0.4) is 0 Å². The average molecular weight is 647 g/mol. The molecule has 0 aliphatic heterocycles. The summed E-state index contributed by atoms with van der Waals surface area (Å²) in [6.45, 7) is 6.39. The minimum Gasteiger partial charge on any atom is -0.462 e. The summed E-state index contributed by atoms with van der Waals surface area (Å²) in [7, 11) is 0. The lowest BCUT2D eigenvalue weighted by atomic mass is 10.1. The van der Waals surface area contributed by atoms with Gasteiger partial charge < -0.3 is 14.2 Å². The Labute approximate surface area is 283 Å². The maximum Gasteiger partial charge on any atom is 0.306 e. The summed E-state index contributed by atoms with van der Waals surface area (Å²) in [5, 5.41) is 0. The van der Waals surface area contributed by atoms with Crippen LogP contribution in [0, 0.1) is 0 Å². The molecule has 0 aromatic carbocycles. The van der Waals surface area contributed by atoms with Gasteiger partial charge in [-0.05, 0) is 51.4 Å². The van der Waals surface area contributed by atoms with Gasteiger partial charge in [0, 0.05) is 19.3 Å². The SMILES string of the molecule is CC/C=C\C/C=C\C/C=C\CCCCCC(=O)OCC(COC(=O)CCCCCCCCC)OC(=O)CCCCCCCCCC. The Kier molecular flexibility index (Phi) is 33.7. The van der Waals surface area contributed by atoms with Crippen LogP contribution in [0.15, 0.2) is 36.5 Å². The molecule has 0 aromatic rings. The zero-order valence-corrected chi connectivity index (χ0v) is 30.1. The Hall–Kier alpha value is -2.37. The quantitative estimate of drug-likeness (QED) is 0.0305. The van der Waals surface area contributed by atoms with E-state index in [9.17, 15) is 14.4 Å². The van der Waals surface area contributed by atoms with E-state index in [2.05, 4.69) is 57.2 Å². The van der Waals surface area contributed by atoms with Crippen molar-refractivity contribution in [2.45, 2.75) is 187 Å². The van der Waals surface area contributed by atoms with Gasteiger partial charge in [-0.3, -0.25) is 14.4 Å². The molecular formula is C40H70O6. The van der Waals surface area contributed by atoms with E-state index in [1.54, 1.807) is 0 Å². The van der Waals surface area contributed by atoms with Crippen LogP contribution < -0.4 is 0 Å². The van der Waals surface area contributed by atoms with Crippen LogP contribution in [-0.4, -0.2) is 37.2 Å². The van der Waals surface area contributed by atoms with Crippen LogP contribution in [0.5, 0.6) is 0 Å². The number of esters is 3. The third-order valence-electron chi connectivity index (χ3n) is 7.91. The predicted molar refractivity (Wildman–Crippen MR) is 192 cm³/mol. The minimum absolute atomic E-state index is 0.0806. The lowest BCUT2D eigenvalue weighted by molar-refractivity contribution is -0.167. The molecule has 0 aliphatic rings. The maximum absolute atomic E-state index is 12.5. The number of ether oxygens (including phenoxy) is 3. The molecule has 0 bridgehead atoms. The zero-order chi connectivity index (χ0) is 33.8. The number of carbonyl (C=O) groups excluding carboxylic acids is 3. The van der Waals surface area contributed by atoms with Crippen LogP contribution in [0.4, 0.5) is 0 Å². The number of unbranched alkanes of at least 4 members (excludes halogenated alkanes) is 16. The molecule has 1 atom stereocenters. The second kappa shape index (κ2) is 35.5. The molecule has 0 saturated heterocycles. The van der Waals surface area contributed by atoms with E-state index in [1.807, 2.05) is 0 Å². The van der Waals surface area contributed by atoms with Crippen molar-refractivity contribution in [2.75, 3.05) is 13.2 Å². The largest absolute Gasteiger partial charge is 0.462 e. The standard InChI is InChI=1S/C40H70O6/c1-4-7-10-13-16-18-19-20-21-22-25-27-30-33-39(42)45-36-37(35-44-38(41)32-29-26-23-15-12-9-6-3)46-40(43)34-31-28-24-17-14-11-8-5-2/h7,10,16,18,20-21,37H,4-6,8-9,11-15,17,19,22-36H2,1-3H3/b10-7-,18-16-,21-20-. The van der Waals surface area contributed by atoms with Gasteiger partial charge in [-0.25, -0.2) is 0 Å². The normalized spacial score (nSPS) is 12.3. The first kappa shape index (κ1) is 43.6. The second-order valence-corrected chi connectivity index (χ2v) is 12.5. The van der Waals surface area contributed by atoms with Crippen molar-refractivity contribution in [3.63, 3.8) is 0 Å². The Morgan fingerprint density at radius 3 is 1.33 bits per heavy atom. The molecule has 0 spiro atoms. The fourth-order valence-corrected chi connectivity index (χ4v) is 5.04. The lowest BCUT2D eigenvalue weighted by Gasteiger charge is -2.18. The van der Waals surface area contributed by atoms with Gasteiger partial charge in [0.2, 0.25) is 0 Å². The first-order valence-corrected chi connectivity index (χ1v) is 19.0. The number of rotatable bonds is 33. The number of hydrogen-bond acceptors (Lipinski definition) is 6. The summed E-state index contributed by atoms with van der Waals surface area (Å²) in [6, 6.07) is 0. The first-order chi connectivity index (χ1) is 22.5. The molecule has 0 fully saturated rings. The molecule has 0 radical (unpaired) electrons. The van der Waals surface area contributed by atoms with Crippen LogP contribution >= 0.6 is 0 Å². The van der Waals surface area contributed by atoms with E-state index in [0.717, 1.165) is 83.5 Å². The van der Waals surface area contributed by atoms with Crippen molar-refractivity contribution in [3.8, 4) is 0 Å². The van der Waals surface area contributed by atoms with Crippen molar-refractivity contribution in [1.82, 2.24) is 0 Å². The van der Waals surface area contributed by atoms with E-state index >= 15 is 0 Å². The molecule has 0 heterocycles. The van der Waals surface area contributed by atoms with Gasteiger partial charge in [0.05, 0.1) is 0 Å². The van der Waals surface area contributed by atoms with Crippen LogP contribution in [0.1, 0.15) is 181 Å². The van der Waals surface area contributed by atoms with Gasteiger partial charge in [-0.2, -0.15) is 0 Å². The molecule has 1 unspecified atom stereocenters. The summed E-state index contributed by atoms with van der Waals surface area (Å²) in [5.41, 5.74) is 0.